The van der Waals surface area contributed by atoms with Crippen molar-refractivity contribution in [3.8, 4) is 0 Å². The van der Waals surface area contributed by atoms with E-state index in [9.17, 15) is 14.7 Å². The van der Waals surface area contributed by atoms with Crippen LogP contribution in [0.15, 0.2) is 0 Å². The topological polar surface area (TPSA) is 57.6 Å². The number of amides is 2. The summed E-state index contributed by atoms with van der Waals surface area (Å²) in [7, 11) is 0. The van der Waals surface area contributed by atoms with Crippen LogP contribution in [0.3, 0.4) is 0 Å². The third kappa shape index (κ3) is 2.20. The fourth-order valence-corrected chi connectivity index (χ4v) is 2.52. The van der Waals surface area contributed by atoms with Crippen LogP contribution in [0.4, 0.5) is 0 Å². The molecule has 0 aromatic rings. The second kappa shape index (κ2) is 4.31. The van der Waals surface area contributed by atoms with Crippen LogP contribution in [0.2, 0.25) is 0 Å². The van der Waals surface area contributed by atoms with Crippen LogP contribution in [0.5, 0.6) is 0 Å². The highest BCUT2D eigenvalue weighted by atomic mass is 16.3. The van der Waals surface area contributed by atoms with Crippen LogP contribution in [0.1, 0.15) is 38.5 Å². The summed E-state index contributed by atoms with van der Waals surface area (Å²) in [6.07, 6.45) is 4.23. The molecule has 0 bridgehead atoms. The van der Waals surface area contributed by atoms with Gasteiger partial charge in [0.2, 0.25) is 11.8 Å². The van der Waals surface area contributed by atoms with E-state index in [4.69, 9.17) is 0 Å². The van der Waals surface area contributed by atoms with Crippen molar-refractivity contribution in [3.63, 3.8) is 0 Å². The van der Waals surface area contributed by atoms with Crippen LogP contribution in [0.25, 0.3) is 0 Å². The Hall–Kier alpha value is -0.900. The Kier molecular flexibility index (Phi) is 3.05. The number of nitrogens with zero attached hydrogens (tertiary/aromatic N) is 1. The third-order valence-electron chi connectivity index (χ3n) is 3.50. The van der Waals surface area contributed by atoms with E-state index in [0.717, 1.165) is 25.7 Å². The summed E-state index contributed by atoms with van der Waals surface area (Å²) in [6.45, 7) is 0.499. The van der Waals surface area contributed by atoms with E-state index in [1.807, 2.05) is 0 Å². The highest BCUT2D eigenvalue weighted by molar-refractivity contribution is 6.01. The Bertz CT molecular complexity index is 261. The minimum atomic E-state index is -0.224. The van der Waals surface area contributed by atoms with Gasteiger partial charge >= 0.3 is 0 Å². The van der Waals surface area contributed by atoms with Gasteiger partial charge in [0, 0.05) is 19.4 Å². The molecule has 2 atom stereocenters. The van der Waals surface area contributed by atoms with Crippen molar-refractivity contribution in [2.45, 2.75) is 44.6 Å². The van der Waals surface area contributed by atoms with E-state index in [-0.39, 0.29) is 23.8 Å². The first-order valence-corrected chi connectivity index (χ1v) is 5.70. The van der Waals surface area contributed by atoms with Crippen LogP contribution in [0, 0.1) is 5.92 Å². The quantitative estimate of drug-likeness (QED) is 0.699. The predicted molar refractivity (Wildman–Crippen MR) is 53.9 cm³/mol. The van der Waals surface area contributed by atoms with Crippen LogP contribution < -0.4 is 0 Å². The van der Waals surface area contributed by atoms with Gasteiger partial charge in [0.25, 0.3) is 0 Å². The largest absolute Gasteiger partial charge is 0.393 e. The minimum absolute atomic E-state index is 0.0486. The molecule has 1 aliphatic heterocycles. The van der Waals surface area contributed by atoms with Gasteiger partial charge in [-0.2, -0.15) is 0 Å². The monoisotopic (exact) mass is 211 g/mol. The van der Waals surface area contributed by atoms with Crippen molar-refractivity contribution in [2.75, 3.05) is 6.54 Å². The van der Waals surface area contributed by atoms with Gasteiger partial charge in [0.15, 0.2) is 0 Å². The number of carbonyl (C=O) groups is 2. The highest BCUT2D eigenvalue weighted by Crippen LogP contribution is 2.28. The Morgan fingerprint density at radius 2 is 1.87 bits per heavy atom. The molecule has 1 N–H and O–H groups in total. The third-order valence-corrected chi connectivity index (χ3v) is 3.50. The van der Waals surface area contributed by atoms with Gasteiger partial charge in [-0.25, -0.2) is 0 Å². The smallest absolute Gasteiger partial charge is 0.229 e. The SMILES string of the molecule is O=C1CCC(=O)N1CCC1CCCC1O. The molecule has 0 aromatic heterocycles. The molecule has 4 nitrogen and oxygen atoms in total. The lowest BCUT2D eigenvalue weighted by Crippen LogP contribution is -2.32. The molecule has 1 heterocycles. The number of rotatable bonds is 3. The van der Waals surface area contributed by atoms with Crippen molar-refractivity contribution in [3.05, 3.63) is 0 Å². The number of hydrogen-bond donors (Lipinski definition) is 1. The number of imide groups is 1. The Morgan fingerprint density at radius 1 is 1.20 bits per heavy atom. The maximum atomic E-state index is 11.3. The molecule has 1 saturated heterocycles. The molecule has 15 heavy (non-hydrogen) atoms. The average Bonchev–Trinajstić information content (AvgIpc) is 2.73. The zero-order chi connectivity index (χ0) is 10.8. The summed E-state index contributed by atoms with van der Waals surface area (Å²) in [5, 5.41) is 9.61. The molecule has 2 amide bonds. The first-order valence-electron chi connectivity index (χ1n) is 5.70. The number of aliphatic hydroxyl groups is 1. The number of aliphatic hydroxyl groups excluding tert-OH is 1. The van der Waals surface area contributed by atoms with Crippen molar-refractivity contribution in [1.82, 2.24) is 4.90 Å². The van der Waals surface area contributed by atoms with E-state index in [1.54, 1.807) is 0 Å². The highest BCUT2D eigenvalue weighted by Gasteiger charge is 2.31. The molecule has 1 aliphatic carbocycles. The molecule has 2 fully saturated rings. The van der Waals surface area contributed by atoms with Crippen LogP contribution >= 0.6 is 0 Å². The molecular weight excluding hydrogens is 194 g/mol. The van der Waals surface area contributed by atoms with Gasteiger partial charge in [0.1, 0.15) is 0 Å². The second-order valence-corrected chi connectivity index (χ2v) is 4.49. The summed E-state index contributed by atoms with van der Waals surface area (Å²) < 4.78 is 0. The molecular formula is C11H17NO3. The standard InChI is InChI=1S/C11H17NO3/c13-9-3-1-2-8(9)6-7-12-10(14)4-5-11(12)15/h8-9,13H,1-7H2. The van der Waals surface area contributed by atoms with Gasteiger partial charge in [0.05, 0.1) is 6.10 Å². The molecule has 0 aromatic carbocycles. The van der Waals surface area contributed by atoms with Gasteiger partial charge < -0.3 is 5.11 Å². The van der Waals surface area contributed by atoms with Gasteiger partial charge in [-0.1, -0.05) is 6.42 Å². The Balaban J connectivity index is 1.82. The molecule has 0 radical (unpaired) electrons. The summed E-state index contributed by atoms with van der Waals surface area (Å²) >= 11 is 0. The van der Waals surface area contributed by atoms with Gasteiger partial charge in [-0.3, -0.25) is 14.5 Å². The second-order valence-electron chi connectivity index (χ2n) is 4.49. The fourth-order valence-electron chi connectivity index (χ4n) is 2.52. The van der Waals surface area contributed by atoms with E-state index in [1.165, 1.54) is 4.90 Å². The molecule has 2 aliphatic rings. The van der Waals surface area contributed by atoms with Crippen molar-refractivity contribution < 1.29 is 14.7 Å². The molecule has 0 spiro atoms. The summed E-state index contributed by atoms with van der Waals surface area (Å²) in [4.78, 5) is 24.0. The fraction of sp³-hybridized carbons (Fsp3) is 0.818. The maximum absolute atomic E-state index is 11.3. The van der Waals surface area contributed by atoms with Crippen molar-refractivity contribution >= 4 is 11.8 Å². The molecule has 2 unspecified atom stereocenters. The summed E-state index contributed by atoms with van der Waals surface area (Å²) in [5.41, 5.74) is 0. The zero-order valence-corrected chi connectivity index (χ0v) is 8.82. The van der Waals surface area contributed by atoms with E-state index < -0.39 is 0 Å². The number of hydrogen-bond acceptors (Lipinski definition) is 3. The number of likely N-dealkylation sites (tertiary alicyclic amines) is 1. The minimum Gasteiger partial charge on any atom is -0.393 e. The lowest BCUT2D eigenvalue weighted by molar-refractivity contribution is -0.138. The van der Waals surface area contributed by atoms with Crippen molar-refractivity contribution in [1.29, 1.82) is 0 Å². The van der Waals surface area contributed by atoms with Crippen molar-refractivity contribution in [2.24, 2.45) is 5.92 Å². The molecule has 4 heteroatoms. The van der Waals surface area contributed by atoms with Gasteiger partial charge in [-0.15, -0.1) is 0 Å². The predicted octanol–water partition coefficient (Wildman–Crippen LogP) is 0.687. The van der Waals surface area contributed by atoms with E-state index in [2.05, 4.69) is 0 Å². The molecule has 2 rings (SSSR count). The first kappa shape index (κ1) is 10.6. The normalized spacial score (nSPS) is 31.7. The first-order chi connectivity index (χ1) is 7.18. The van der Waals surface area contributed by atoms with Crippen LogP contribution in [-0.4, -0.2) is 34.5 Å². The van der Waals surface area contributed by atoms with E-state index in [0.29, 0.717) is 19.4 Å². The Labute approximate surface area is 89.3 Å². The maximum Gasteiger partial charge on any atom is 0.229 e. The zero-order valence-electron chi connectivity index (χ0n) is 8.82. The average molecular weight is 211 g/mol. The molecule has 84 valence electrons. The summed E-state index contributed by atoms with van der Waals surface area (Å²) in [5.74, 6) is 0.186. The van der Waals surface area contributed by atoms with E-state index >= 15 is 0 Å². The Morgan fingerprint density at radius 3 is 2.40 bits per heavy atom. The lowest BCUT2D eigenvalue weighted by Gasteiger charge is -2.18. The molecule has 1 saturated carbocycles. The van der Waals surface area contributed by atoms with Gasteiger partial charge in [-0.05, 0) is 25.2 Å². The van der Waals surface area contributed by atoms with Crippen LogP contribution in [-0.2, 0) is 9.59 Å². The summed E-state index contributed by atoms with van der Waals surface area (Å²) in [6, 6.07) is 0. The number of carbonyl (C=O) groups excluding carboxylic acids is 2. The lowest BCUT2D eigenvalue weighted by atomic mass is 10.0.